The molecule has 0 amide bonds. The van der Waals surface area contributed by atoms with E-state index in [0.717, 1.165) is 29.7 Å². The van der Waals surface area contributed by atoms with Gasteiger partial charge in [-0.1, -0.05) is 6.07 Å². The Hall–Kier alpha value is -0.950. The van der Waals surface area contributed by atoms with Crippen LogP contribution in [0.5, 0.6) is 0 Å². The number of hydrogen-bond acceptors (Lipinski definition) is 4. The normalized spacial score (nSPS) is 13.7. The minimum absolute atomic E-state index is 0.112. The van der Waals surface area contributed by atoms with Gasteiger partial charge in [-0.15, -0.1) is 0 Å². The summed E-state index contributed by atoms with van der Waals surface area (Å²) < 4.78 is 27.8. The lowest BCUT2D eigenvalue weighted by atomic mass is 10.1. The summed E-state index contributed by atoms with van der Waals surface area (Å²) in [5.41, 5.74) is 8.31. The Kier molecular flexibility index (Phi) is 6.34. The van der Waals surface area contributed by atoms with Gasteiger partial charge in [0.1, 0.15) is 0 Å². The van der Waals surface area contributed by atoms with Gasteiger partial charge in [0, 0.05) is 12.6 Å². The molecule has 0 aromatic heterocycles. The molecule has 0 aliphatic rings. The molecule has 120 valence electrons. The highest BCUT2D eigenvalue weighted by molar-refractivity contribution is 7.89. The van der Waals surface area contributed by atoms with Crippen molar-refractivity contribution >= 4 is 10.0 Å². The monoisotopic (exact) mass is 313 g/mol. The number of nitrogens with zero attached hydrogens (tertiary/aromatic N) is 1. The van der Waals surface area contributed by atoms with Crippen LogP contribution in [0.15, 0.2) is 17.0 Å². The molecule has 0 bridgehead atoms. The average molecular weight is 313 g/mol. The van der Waals surface area contributed by atoms with Gasteiger partial charge in [0.2, 0.25) is 10.0 Å². The quantitative estimate of drug-likeness (QED) is 0.797. The highest BCUT2D eigenvalue weighted by Gasteiger charge is 2.20. The number of rotatable bonds is 7. The standard InChI is InChI=1S/C15H27N3O2S/c1-11-8-12(2)15(9-14(11)10-16)21(19,20)17-13(3)6-7-18(4)5/h8-9,13,17H,6-7,10,16H2,1-5H3. The van der Waals surface area contributed by atoms with Crippen molar-refractivity contribution in [2.45, 2.75) is 44.7 Å². The fraction of sp³-hybridized carbons (Fsp3) is 0.600. The predicted octanol–water partition coefficient (Wildman–Crippen LogP) is 1.38. The molecule has 0 fully saturated rings. The van der Waals surface area contributed by atoms with E-state index in [9.17, 15) is 8.42 Å². The highest BCUT2D eigenvalue weighted by Crippen LogP contribution is 2.20. The van der Waals surface area contributed by atoms with Crippen molar-refractivity contribution in [3.63, 3.8) is 0 Å². The van der Waals surface area contributed by atoms with Crippen LogP contribution in [0.25, 0.3) is 0 Å². The number of benzene rings is 1. The van der Waals surface area contributed by atoms with Gasteiger partial charge in [0.05, 0.1) is 4.90 Å². The van der Waals surface area contributed by atoms with Crippen LogP contribution in [0.3, 0.4) is 0 Å². The van der Waals surface area contributed by atoms with Crippen molar-refractivity contribution in [1.82, 2.24) is 9.62 Å². The molecule has 0 saturated carbocycles. The van der Waals surface area contributed by atoms with Crippen LogP contribution in [0, 0.1) is 13.8 Å². The van der Waals surface area contributed by atoms with Gasteiger partial charge >= 0.3 is 0 Å². The van der Waals surface area contributed by atoms with Crippen LogP contribution in [0.1, 0.15) is 30.0 Å². The van der Waals surface area contributed by atoms with Gasteiger partial charge in [-0.05, 0) is 70.6 Å². The van der Waals surface area contributed by atoms with E-state index in [1.54, 1.807) is 6.07 Å². The molecular weight excluding hydrogens is 286 g/mol. The van der Waals surface area contributed by atoms with Gasteiger partial charge in [0.25, 0.3) is 0 Å². The third-order valence-electron chi connectivity index (χ3n) is 3.51. The zero-order valence-corrected chi connectivity index (χ0v) is 14.4. The van der Waals surface area contributed by atoms with E-state index in [1.165, 1.54) is 0 Å². The second-order valence-electron chi connectivity index (χ2n) is 5.86. The number of aryl methyl sites for hydroxylation is 2. The Labute approximate surface area is 128 Å². The average Bonchev–Trinajstić information content (AvgIpc) is 2.35. The topological polar surface area (TPSA) is 75.4 Å². The van der Waals surface area contributed by atoms with E-state index in [-0.39, 0.29) is 6.04 Å². The number of nitrogens with one attached hydrogen (secondary N) is 1. The predicted molar refractivity (Wildman–Crippen MR) is 86.8 cm³/mol. The molecular formula is C15H27N3O2S. The second-order valence-corrected chi connectivity index (χ2v) is 7.55. The first-order valence-corrected chi connectivity index (χ1v) is 8.63. The number of sulfonamides is 1. The minimum Gasteiger partial charge on any atom is -0.326 e. The summed E-state index contributed by atoms with van der Waals surface area (Å²) in [5, 5.41) is 0. The molecule has 1 atom stereocenters. The zero-order chi connectivity index (χ0) is 16.2. The summed E-state index contributed by atoms with van der Waals surface area (Å²) in [6.07, 6.45) is 0.765. The molecule has 1 aromatic carbocycles. The van der Waals surface area contributed by atoms with Gasteiger partial charge in [-0.2, -0.15) is 0 Å². The third kappa shape index (κ3) is 5.07. The fourth-order valence-corrected chi connectivity index (χ4v) is 3.78. The lowest BCUT2D eigenvalue weighted by Gasteiger charge is -2.18. The van der Waals surface area contributed by atoms with Crippen LogP contribution in [0.4, 0.5) is 0 Å². The van der Waals surface area contributed by atoms with E-state index in [4.69, 9.17) is 5.73 Å². The maximum Gasteiger partial charge on any atom is 0.241 e. The first kappa shape index (κ1) is 18.1. The highest BCUT2D eigenvalue weighted by atomic mass is 32.2. The molecule has 3 N–H and O–H groups in total. The molecule has 21 heavy (non-hydrogen) atoms. The lowest BCUT2D eigenvalue weighted by molar-refractivity contribution is 0.379. The number of hydrogen-bond donors (Lipinski definition) is 2. The molecule has 1 rings (SSSR count). The zero-order valence-electron chi connectivity index (χ0n) is 13.6. The Morgan fingerprint density at radius 2 is 1.86 bits per heavy atom. The molecule has 0 spiro atoms. The minimum atomic E-state index is -3.51. The Morgan fingerprint density at radius 1 is 1.24 bits per heavy atom. The molecule has 6 heteroatoms. The van der Waals surface area contributed by atoms with Crippen LogP contribution in [-0.2, 0) is 16.6 Å². The second kappa shape index (κ2) is 7.35. The van der Waals surface area contributed by atoms with Gasteiger partial charge in [0.15, 0.2) is 0 Å². The third-order valence-corrected chi connectivity index (χ3v) is 5.24. The van der Waals surface area contributed by atoms with Crippen LogP contribution in [0.2, 0.25) is 0 Å². The Bertz CT molecular complexity index is 583. The van der Waals surface area contributed by atoms with Crippen molar-refractivity contribution in [2.24, 2.45) is 5.73 Å². The van der Waals surface area contributed by atoms with E-state index < -0.39 is 10.0 Å². The molecule has 5 nitrogen and oxygen atoms in total. The lowest BCUT2D eigenvalue weighted by Crippen LogP contribution is -2.35. The molecule has 0 radical (unpaired) electrons. The van der Waals surface area contributed by atoms with Gasteiger partial charge in [-0.3, -0.25) is 0 Å². The molecule has 1 aromatic rings. The van der Waals surface area contributed by atoms with Crippen LogP contribution >= 0.6 is 0 Å². The smallest absolute Gasteiger partial charge is 0.241 e. The summed E-state index contributed by atoms with van der Waals surface area (Å²) in [6.45, 7) is 6.81. The first-order chi connectivity index (χ1) is 9.67. The fourth-order valence-electron chi connectivity index (χ4n) is 2.22. The van der Waals surface area contributed by atoms with Crippen molar-refractivity contribution < 1.29 is 8.42 Å². The Balaban J connectivity index is 2.97. The summed E-state index contributed by atoms with van der Waals surface area (Å²) in [4.78, 5) is 2.36. The summed E-state index contributed by atoms with van der Waals surface area (Å²) >= 11 is 0. The maximum atomic E-state index is 12.5. The van der Waals surface area contributed by atoms with Crippen LogP contribution in [-0.4, -0.2) is 40.0 Å². The first-order valence-electron chi connectivity index (χ1n) is 7.14. The van der Waals surface area contributed by atoms with E-state index >= 15 is 0 Å². The molecule has 0 aliphatic carbocycles. The van der Waals surface area contributed by atoms with Gasteiger partial charge < -0.3 is 10.6 Å². The van der Waals surface area contributed by atoms with Crippen molar-refractivity contribution in [3.05, 3.63) is 28.8 Å². The molecule has 0 heterocycles. The molecule has 0 saturated heterocycles. The van der Waals surface area contributed by atoms with Crippen molar-refractivity contribution in [2.75, 3.05) is 20.6 Å². The SMILES string of the molecule is Cc1cc(C)c(S(=O)(=O)NC(C)CCN(C)C)cc1CN. The summed E-state index contributed by atoms with van der Waals surface area (Å²) in [6, 6.07) is 3.45. The van der Waals surface area contributed by atoms with Crippen molar-refractivity contribution in [3.8, 4) is 0 Å². The van der Waals surface area contributed by atoms with Crippen LogP contribution < -0.4 is 10.5 Å². The Morgan fingerprint density at radius 3 is 2.38 bits per heavy atom. The van der Waals surface area contributed by atoms with E-state index in [0.29, 0.717) is 11.4 Å². The molecule has 0 aliphatic heterocycles. The summed E-state index contributed by atoms with van der Waals surface area (Å²) in [5.74, 6) is 0. The number of nitrogens with two attached hydrogens (primary N) is 1. The van der Waals surface area contributed by atoms with Gasteiger partial charge in [-0.25, -0.2) is 13.1 Å². The maximum absolute atomic E-state index is 12.5. The largest absolute Gasteiger partial charge is 0.326 e. The molecule has 1 unspecified atom stereocenters. The van der Waals surface area contributed by atoms with E-state index in [2.05, 4.69) is 4.72 Å². The van der Waals surface area contributed by atoms with Crippen molar-refractivity contribution in [1.29, 1.82) is 0 Å². The van der Waals surface area contributed by atoms with E-state index in [1.807, 2.05) is 45.8 Å². The summed E-state index contributed by atoms with van der Waals surface area (Å²) in [7, 11) is 0.431.